The average Bonchev–Trinajstić information content (AvgIpc) is 3.80. The van der Waals surface area contributed by atoms with Crippen molar-refractivity contribution in [3.8, 4) is 5.75 Å². The number of hydrogen-bond acceptors (Lipinski definition) is 10. The molecule has 4 aliphatic heterocycles. The van der Waals surface area contributed by atoms with Crippen LogP contribution in [0.3, 0.4) is 0 Å². The van der Waals surface area contributed by atoms with E-state index in [4.69, 9.17) is 14.2 Å². The second-order valence-corrected chi connectivity index (χ2v) is 16.1. The van der Waals surface area contributed by atoms with E-state index in [1.165, 1.54) is 9.80 Å². The number of fused-ring (bicyclic) bond motifs is 7. The van der Waals surface area contributed by atoms with Gasteiger partial charge in [-0.2, -0.15) is 0 Å². The number of carbonyl (C=O) groups excluding carboxylic acids is 6. The van der Waals surface area contributed by atoms with Crippen molar-refractivity contribution in [2.75, 3.05) is 33.8 Å². The van der Waals surface area contributed by atoms with Gasteiger partial charge >= 0.3 is 0 Å². The van der Waals surface area contributed by atoms with Crippen molar-refractivity contribution in [1.29, 1.82) is 0 Å². The van der Waals surface area contributed by atoms with Crippen molar-refractivity contribution in [3.63, 3.8) is 0 Å². The Balaban J connectivity index is 1.18. The molecule has 6 amide bonds. The number of carbonyl (C=O) groups is 6. The van der Waals surface area contributed by atoms with Gasteiger partial charge in [-0.1, -0.05) is 75.1 Å². The molecule has 4 heterocycles. The Kier molecular flexibility index (Phi) is 15.0. The van der Waals surface area contributed by atoms with Crippen LogP contribution in [0.15, 0.2) is 54.6 Å². The third-order valence-corrected chi connectivity index (χ3v) is 11.5. The first-order chi connectivity index (χ1) is 28.4. The topological polar surface area (TPSA) is 205 Å². The molecular formula is C43H58N6O10. The van der Waals surface area contributed by atoms with Gasteiger partial charge in [-0.3, -0.25) is 28.8 Å². The molecule has 16 nitrogen and oxygen atoms in total. The second kappa shape index (κ2) is 20.3. The molecule has 2 saturated heterocycles. The summed E-state index contributed by atoms with van der Waals surface area (Å²) in [6, 6.07) is 11.8. The monoisotopic (exact) mass is 818 g/mol. The van der Waals surface area contributed by atoms with E-state index >= 15 is 0 Å². The highest BCUT2D eigenvalue weighted by Crippen LogP contribution is 2.36. The summed E-state index contributed by atoms with van der Waals surface area (Å²) in [6.45, 7) is 1.70. The smallest absolute Gasteiger partial charge is 0.251 e. The molecule has 0 radical (unpaired) electrons. The molecule has 0 spiro atoms. The van der Waals surface area contributed by atoms with Crippen molar-refractivity contribution in [2.24, 2.45) is 5.92 Å². The van der Waals surface area contributed by atoms with Crippen LogP contribution in [0, 0.1) is 5.92 Å². The Morgan fingerprint density at radius 1 is 0.949 bits per heavy atom. The van der Waals surface area contributed by atoms with E-state index in [1.54, 1.807) is 44.4 Å². The van der Waals surface area contributed by atoms with E-state index in [2.05, 4.69) is 21.3 Å². The third kappa shape index (κ3) is 11.0. The zero-order valence-electron chi connectivity index (χ0n) is 34.1. The number of nitrogens with one attached hydrogen (secondary N) is 4. The zero-order chi connectivity index (χ0) is 42.1. The van der Waals surface area contributed by atoms with Crippen LogP contribution in [0.1, 0.15) is 81.9 Å². The van der Waals surface area contributed by atoms with Gasteiger partial charge in [0.25, 0.3) is 5.91 Å². The maximum absolute atomic E-state index is 14.7. The fourth-order valence-electron chi connectivity index (χ4n) is 8.50. The first-order valence-electron chi connectivity index (χ1n) is 20.9. The molecule has 5 aliphatic rings. The van der Waals surface area contributed by atoms with E-state index < -0.39 is 78.9 Å². The van der Waals surface area contributed by atoms with Gasteiger partial charge in [0, 0.05) is 20.5 Å². The van der Waals surface area contributed by atoms with Gasteiger partial charge in [0.2, 0.25) is 29.5 Å². The number of aliphatic hydroxyl groups excluding tert-OH is 1. The summed E-state index contributed by atoms with van der Waals surface area (Å²) in [5.74, 6) is -2.83. The van der Waals surface area contributed by atoms with Gasteiger partial charge < -0.3 is 50.4 Å². The van der Waals surface area contributed by atoms with Gasteiger partial charge in [-0.15, -0.1) is 0 Å². The van der Waals surface area contributed by atoms with Crippen LogP contribution in [-0.4, -0.2) is 127 Å². The minimum Gasteiger partial charge on any atom is -0.494 e. The molecule has 59 heavy (non-hydrogen) atoms. The van der Waals surface area contributed by atoms with Gasteiger partial charge in [-0.05, 0) is 54.9 Å². The number of rotatable bonds is 12. The number of amides is 6. The summed E-state index contributed by atoms with van der Waals surface area (Å²) in [5.41, 5.74) is 1.30. The molecule has 3 fully saturated rings. The van der Waals surface area contributed by atoms with E-state index in [-0.39, 0.29) is 37.1 Å². The molecule has 1 saturated carbocycles. The maximum atomic E-state index is 14.7. The number of hydrogen-bond donors (Lipinski definition) is 5. The Bertz CT molecular complexity index is 1810. The highest BCUT2D eigenvalue weighted by molar-refractivity contribution is 5.95. The highest BCUT2D eigenvalue weighted by atomic mass is 16.7. The van der Waals surface area contributed by atoms with Crippen LogP contribution in [0.25, 0.3) is 0 Å². The van der Waals surface area contributed by atoms with Crippen LogP contribution < -0.4 is 26.0 Å². The lowest BCUT2D eigenvalue weighted by molar-refractivity contribution is -0.151. The van der Waals surface area contributed by atoms with E-state index in [9.17, 15) is 33.9 Å². The Morgan fingerprint density at radius 2 is 1.71 bits per heavy atom. The van der Waals surface area contributed by atoms with Crippen LogP contribution in [0.2, 0.25) is 0 Å². The molecule has 8 atom stereocenters. The first-order valence-corrected chi connectivity index (χ1v) is 20.9. The van der Waals surface area contributed by atoms with Crippen molar-refractivity contribution < 1.29 is 48.1 Å². The largest absolute Gasteiger partial charge is 0.494 e. The molecule has 7 rings (SSSR count). The first kappa shape index (κ1) is 43.5. The van der Waals surface area contributed by atoms with E-state index in [1.807, 2.05) is 31.2 Å². The number of benzene rings is 2. The normalized spacial score (nSPS) is 25.2. The van der Waals surface area contributed by atoms with Gasteiger partial charge in [0.05, 0.1) is 32.2 Å². The van der Waals surface area contributed by atoms with Crippen molar-refractivity contribution in [3.05, 3.63) is 65.7 Å². The summed E-state index contributed by atoms with van der Waals surface area (Å²) in [5, 5.41) is 22.3. The predicted octanol–water partition coefficient (Wildman–Crippen LogP) is 1.50. The molecule has 0 aromatic heterocycles. The zero-order valence-corrected chi connectivity index (χ0v) is 34.1. The van der Waals surface area contributed by atoms with E-state index in [0.29, 0.717) is 37.2 Å². The Hall–Kier alpha value is -5.06. The number of likely N-dealkylation sites (N-methyl/N-ethyl adjacent to an activating group) is 1. The number of nitrogens with zero attached hydrogens (tertiary/aromatic N) is 2. The highest BCUT2D eigenvalue weighted by Gasteiger charge is 2.56. The van der Waals surface area contributed by atoms with Crippen molar-refractivity contribution in [1.82, 2.24) is 31.1 Å². The summed E-state index contributed by atoms with van der Waals surface area (Å²) < 4.78 is 18.6. The lowest BCUT2D eigenvalue weighted by Crippen LogP contribution is -2.60. The number of ether oxygens (including phenoxy) is 3. The van der Waals surface area contributed by atoms with Crippen molar-refractivity contribution in [2.45, 2.75) is 120 Å². The van der Waals surface area contributed by atoms with Crippen LogP contribution in [0.5, 0.6) is 5.75 Å². The molecule has 3 unspecified atom stereocenters. The summed E-state index contributed by atoms with van der Waals surface area (Å²) in [4.78, 5) is 84.8. The Morgan fingerprint density at radius 3 is 2.44 bits per heavy atom. The molecule has 16 heteroatoms. The summed E-state index contributed by atoms with van der Waals surface area (Å²) in [6.07, 6.45) is 2.19. The summed E-state index contributed by atoms with van der Waals surface area (Å²) in [7, 11) is 3.14. The van der Waals surface area contributed by atoms with Crippen LogP contribution in [-0.2, 0) is 44.7 Å². The fraction of sp³-hybridized carbons (Fsp3) is 0.581. The number of aliphatic hydroxyl groups is 1. The average molecular weight is 819 g/mol. The lowest BCUT2D eigenvalue weighted by atomic mass is 9.83. The van der Waals surface area contributed by atoms with E-state index in [0.717, 1.165) is 37.7 Å². The molecular weight excluding hydrogens is 761 g/mol. The standard InChI is InChI=1S/C43H58N6O10/c1-4-13-30(38(52)41(54)44-24-33(51)47-35(42(55)48(2)3)27-15-7-5-8-16-27)45-40(53)37-39-31-25-49(37)43(56)36(28-17-9-6-10-18-28)46-32(50)23-26-14-11-19-29(22-26)57-21-12-20-34(58-31)59-39/h5,7-8,11,14-16,19,22,28,30-31,34-39,52H,4,6,9-10,12-13,17-18,20-21,23-25H2,1-3H3,(H,44,54)(H,45,53)(H,46,50)(H,47,51)/t30?,31-,34?,35-,36-,37-,38?,39-/m0/s1. The van der Waals surface area contributed by atoms with Gasteiger partial charge in [0.1, 0.15) is 36.1 Å². The molecule has 2 aromatic rings. The summed E-state index contributed by atoms with van der Waals surface area (Å²) >= 11 is 0. The van der Waals surface area contributed by atoms with Crippen LogP contribution in [0.4, 0.5) is 0 Å². The Labute approximate surface area is 345 Å². The molecule has 1 aliphatic carbocycles. The quantitative estimate of drug-likeness (QED) is 0.209. The molecule has 6 bridgehead atoms. The third-order valence-electron chi connectivity index (χ3n) is 11.5. The van der Waals surface area contributed by atoms with Crippen molar-refractivity contribution >= 4 is 35.4 Å². The maximum Gasteiger partial charge on any atom is 0.251 e. The molecule has 5 N–H and O–H groups in total. The SMILES string of the molecule is CCCC(NC(=O)[C@@H]1[C@H]2OC3CCCOc4cccc(c4)CC(=O)N[C@@H](C4CCCCC4)C(=O)N1C[C@@H]2O3)C(O)C(=O)NCC(=O)N[C@H](C(=O)N(C)C)c1ccccc1. The minimum absolute atomic E-state index is 0.0410. The molecule has 320 valence electrons. The fourth-order valence-corrected chi connectivity index (χ4v) is 8.50. The van der Waals surface area contributed by atoms with Gasteiger partial charge in [0.15, 0.2) is 12.4 Å². The molecule has 2 aromatic carbocycles. The minimum atomic E-state index is -1.77. The second-order valence-electron chi connectivity index (χ2n) is 16.1. The lowest BCUT2D eigenvalue weighted by Gasteiger charge is -2.36. The predicted molar refractivity (Wildman–Crippen MR) is 214 cm³/mol. The van der Waals surface area contributed by atoms with Crippen LogP contribution >= 0.6 is 0 Å². The van der Waals surface area contributed by atoms with Gasteiger partial charge in [-0.25, -0.2) is 0 Å².